The molecule has 2 heterocycles. The Labute approximate surface area is 151 Å². The van der Waals surface area contributed by atoms with Crippen LogP contribution >= 0.6 is 0 Å². The summed E-state index contributed by atoms with van der Waals surface area (Å²) in [6, 6.07) is 2.10. The molecule has 138 valence electrons. The van der Waals surface area contributed by atoms with Crippen molar-refractivity contribution < 1.29 is 14.7 Å². The summed E-state index contributed by atoms with van der Waals surface area (Å²) in [5.74, 6) is -0.263. The van der Waals surface area contributed by atoms with Crippen molar-refractivity contribution in [3.8, 4) is 0 Å². The maximum Gasteiger partial charge on any atom is 0.309 e. The fourth-order valence-corrected chi connectivity index (χ4v) is 2.96. The second kappa shape index (κ2) is 6.82. The van der Waals surface area contributed by atoms with Crippen LogP contribution < -0.4 is 11.1 Å². The van der Waals surface area contributed by atoms with Gasteiger partial charge in [-0.3, -0.25) is 9.59 Å². The van der Waals surface area contributed by atoms with Crippen molar-refractivity contribution in [2.24, 2.45) is 11.1 Å². The van der Waals surface area contributed by atoms with Crippen LogP contribution in [0.25, 0.3) is 5.65 Å². The monoisotopic (exact) mass is 356 g/mol. The lowest BCUT2D eigenvalue weighted by Crippen LogP contribution is -2.26. The third-order valence-electron chi connectivity index (χ3n) is 4.65. The maximum absolute atomic E-state index is 11.5. The summed E-state index contributed by atoms with van der Waals surface area (Å²) in [4.78, 5) is 26.7. The third-order valence-corrected chi connectivity index (χ3v) is 4.65. The minimum atomic E-state index is -0.867. The van der Waals surface area contributed by atoms with Crippen molar-refractivity contribution in [1.82, 2.24) is 14.7 Å². The first kappa shape index (κ1) is 18.0. The van der Waals surface area contributed by atoms with Crippen LogP contribution in [0.4, 0.5) is 0 Å². The first-order chi connectivity index (χ1) is 12.3. The summed E-state index contributed by atoms with van der Waals surface area (Å²) < 4.78 is 1.98. The summed E-state index contributed by atoms with van der Waals surface area (Å²) in [7, 11) is 0. The molecule has 7 heteroatoms. The van der Waals surface area contributed by atoms with Crippen LogP contribution in [0, 0.1) is 5.41 Å². The van der Waals surface area contributed by atoms with Crippen LogP contribution in [0.2, 0.25) is 0 Å². The minimum Gasteiger partial charge on any atom is -0.481 e. The Balaban J connectivity index is 1.93. The van der Waals surface area contributed by atoms with Crippen LogP contribution in [0.3, 0.4) is 0 Å². The third kappa shape index (κ3) is 3.87. The van der Waals surface area contributed by atoms with E-state index in [-0.39, 0.29) is 5.70 Å². The predicted octanol–water partition coefficient (Wildman–Crippen LogP) is 1.95. The molecule has 26 heavy (non-hydrogen) atoms. The molecule has 0 aliphatic heterocycles. The number of hydrogen-bond acceptors (Lipinski definition) is 5. The SMILES string of the molecule is CC(C)(Cc1cc(C2CC2)cn2cc(CN/C=C(\N)C=O)nc12)C(=O)O. The van der Waals surface area contributed by atoms with Gasteiger partial charge in [0, 0.05) is 18.6 Å². The van der Waals surface area contributed by atoms with Gasteiger partial charge in [-0.05, 0) is 50.2 Å². The van der Waals surface area contributed by atoms with Crippen molar-refractivity contribution >= 4 is 17.9 Å². The number of aromatic nitrogens is 2. The topological polar surface area (TPSA) is 110 Å². The summed E-state index contributed by atoms with van der Waals surface area (Å²) in [5.41, 5.74) is 8.43. The van der Waals surface area contributed by atoms with Gasteiger partial charge in [0.05, 0.1) is 23.4 Å². The molecule has 1 aliphatic carbocycles. The molecule has 0 spiro atoms. The molecule has 3 rings (SSSR count). The van der Waals surface area contributed by atoms with E-state index in [4.69, 9.17) is 5.73 Å². The lowest BCUT2D eigenvalue weighted by atomic mass is 9.86. The molecule has 2 aromatic rings. The van der Waals surface area contributed by atoms with Gasteiger partial charge in [0.15, 0.2) is 6.29 Å². The van der Waals surface area contributed by atoms with E-state index < -0.39 is 11.4 Å². The van der Waals surface area contributed by atoms with Gasteiger partial charge in [-0.1, -0.05) is 6.07 Å². The number of allylic oxidation sites excluding steroid dienone is 1. The average Bonchev–Trinajstić information content (AvgIpc) is 3.34. The number of aliphatic carboxylic acids is 1. The van der Waals surface area contributed by atoms with E-state index in [1.54, 1.807) is 13.8 Å². The number of carboxylic acid groups (broad SMARTS) is 1. The fraction of sp³-hybridized carbons (Fsp3) is 0.421. The van der Waals surface area contributed by atoms with Crippen molar-refractivity contribution in [2.75, 3.05) is 0 Å². The highest BCUT2D eigenvalue weighted by molar-refractivity contribution is 5.74. The minimum absolute atomic E-state index is 0.119. The zero-order valence-electron chi connectivity index (χ0n) is 15.0. The number of nitrogens with two attached hydrogens (primary N) is 1. The van der Waals surface area contributed by atoms with E-state index in [1.165, 1.54) is 24.6 Å². The number of pyridine rings is 1. The molecule has 1 aliphatic rings. The van der Waals surface area contributed by atoms with E-state index in [0.717, 1.165) is 16.9 Å². The first-order valence-corrected chi connectivity index (χ1v) is 8.68. The van der Waals surface area contributed by atoms with Gasteiger partial charge in [0.25, 0.3) is 0 Å². The van der Waals surface area contributed by atoms with E-state index in [2.05, 4.69) is 22.6 Å². The molecular formula is C19H24N4O3. The zero-order valence-corrected chi connectivity index (χ0v) is 15.0. The van der Waals surface area contributed by atoms with E-state index >= 15 is 0 Å². The standard InChI is InChI=1S/C19H24N4O3/c1-19(2,18(25)26)6-13-5-14(12-3-4-12)9-23-10-16(22-17(13)23)8-21-7-15(20)11-24/h5,7,9-12,21H,3-4,6,8,20H2,1-2H3,(H,25,26)/b15-7-. The molecule has 0 saturated heterocycles. The molecular weight excluding hydrogens is 332 g/mol. The normalized spacial score (nSPS) is 15.2. The van der Waals surface area contributed by atoms with Gasteiger partial charge in [-0.15, -0.1) is 0 Å². The first-order valence-electron chi connectivity index (χ1n) is 8.68. The molecule has 0 amide bonds. The molecule has 1 fully saturated rings. The molecule has 0 unspecified atom stereocenters. The van der Waals surface area contributed by atoms with Crippen molar-refractivity contribution in [3.05, 3.63) is 47.2 Å². The van der Waals surface area contributed by atoms with Crippen LogP contribution in [0.15, 0.2) is 30.4 Å². The number of nitrogens with one attached hydrogen (secondary N) is 1. The van der Waals surface area contributed by atoms with Gasteiger partial charge < -0.3 is 20.6 Å². The average molecular weight is 356 g/mol. The van der Waals surface area contributed by atoms with E-state index in [1.807, 2.05) is 10.6 Å². The van der Waals surface area contributed by atoms with Crippen LogP contribution in [-0.4, -0.2) is 26.7 Å². The Morgan fingerprint density at radius 2 is 2.19 bits per heavy atom. The zero-order chi connectivity index (χ0) is 18.9. The smallest absolute Gasteiger partial charge is 0.309 e. The fourth-order valence-electron chi connectivity index (χ4n) is 2.96. The number of rotatable bonds is 8. The van der Waals surface area contributed by atoms with Crippen molar-refractivity contribution in [3.63, 3.8) is 0 Å². The molecule has 0 atom stereocenters. The van der Waals surface area contributed by atoms with E-state index in [0.29, 0.717) is 25.2 Å². The lowest BCUT2D eigenvalue weighted by Gasteiger charge is -2.20. The molecule has 4 N–H and O–H groups in total. The van der Waals surface area contributed by atoms with Crippen molar-refractivity contribution in [1.29, 1.82) is 0 Å². The number of carbonyl (C=O) groups excluding carboxylic acids is 1. The van der Waals surface area contributed by atoms with Gasteiger partial charge in [-0.25, -0.2) is 4.98 Å². The second-order valence-electron chi connectivity index (χ2n) is 7.54. The van der Waals surface area contributed by atoms with Gasteiger partial charge in [0.2, 0.25) is 0 Å². The van der Waals surface area contributed by atoms with Crippen LogP contribution in [0.1, 0.15) is 49.4 Å². The highest BCUT2D eigenvalue weighted by atomic mass is 16.4. The molecule has 0 bridgehead atoms. The van der Waals surface area contributed by atoms with Crippen LogP contribution in [-0.2, 0) is 22.6 Å². The maximum atomic E-state index is 11.5. The largest absolute Gasteiger partial charge is 0.481 e. The van der Waals surface area contributed by atoms with Crippen LogP contribution in [0.5, 0.6) is 0 Å². The Bertz CT molecular complexity index is 878. The molecule has 0 aromatic carbocycles. The quantitative estimate of drug-likeness (QED) is 0.493. The van der Waals surface area contributed by atoms with E-state index in [9.17, 15) is 14.7 Å². The number of imidazole rings is 1. The predicted molar refractivity (Wildman–Crippen MR) is 97.5 cm³/mol. The molecule has 7 nitrogen and oxygen atoms in total. The molecule has 2 aromatic heterocycles. The highest BCUT2D eigenvalue weighted by Gasteiger charge is 2.30. The Hall–Kier alpha value is -2.83. The molecule has 0 radical (unpaired) electrons. The lowest BCUT2D eigenvalue weighted by molar-refractivity contribution is -0.146. The van der Waals surface area contributed by atoms with Gasteiger partial charge >= 0.3 is 5.97 Å². The Kier molecular flexibility index (Phi) is 4.71. The number of fused-ring (bicyclic) bond motifs is 1. The Morgan fingerprint density at radius 1 is 1.46 bits per heavy atom. The highest BCUT2D eigenvalue weighted by Crippen LogP contribution is 2.41. The van der Waals surface area contributed by atoms with Gasteiger partial charge in [0.1, 0.15) is 5.65 Å². The number of nitrogens with zero attached hydrogens (tertiary/aromatic N) is 2. The number of carboxylic acids is 1. The Morgan fingerprint density at radius 3 is 2.81 bits per heavy atom. The number of aldehydes is 1. The summed E-state index contributed by atoms with van der Waals surface area (Å²) in [5, 5.41) is 12.4. The number of carbonyl (C=O) groups is 2. The van der Waals surface area contributed by atoms with Gasteiger partial charge in [-0.2, -0.15) is 0 Å². The summed E-state index contributed by atoms with van der Waals surface area (Å²) in [6.45, 7) is 3.89. The summed E-state index contributed by atoms with van der Waals surface area (Å²) in [6.07, 6.45) is 8.78. The second-order valence-corrected chi connectivity index (χ2v) is 7.54. The molecule has 1 saturated carbocycles. The van der Waals surface area contributed by atoms with Crippen molar-refractivity contribution in [2.45, 2.75) is 45.6 Å². The summed E-state index contributed by atoms with van der Waals surface area (Å²) >= 11 is 0. The number of hydrogen-bond donors (Lipinski definition) is 3.